The van der Waals surface area contributed by atoms with Crippen molar-refractivity contribution >= 4 is 23.2 Å². The third-order valence-electron chi connectivity index (χ3n) is 5.08. The van der Waals surface area contributed by atoms with Crippen molar-refractivity contribution in [3.63, 3.8) is 0 Å². The molecule has 1 unspecified atom stereocenters. The van der Waals surface area contributed by atoms with Crippen LogP contribution in [0.5, 0.6) is 0 Å². The lowest BCUT2D eigenvalue weighted by molar-refractivity contribution is -0.885. The molecule has 2 N–H and O–H groups in total. The number of hydrogen-bond donors (Lipinski definition) is 2. The van der Waals surface area contributed by atoms with Gasteiger partial charge in [0.2, 0.25) is 0 Å². The minimum atomic E-state index is -0.325. The van der Waals surface area contributed by atoms with Gasteiger partial charge in [-0.1, -0.05) is 30.3 Å². The van der Waals surface area contributed by atoms with Crippen LogP contribution in [0.15, 0.2) is 48.5 Å². The zero-order chi connectivity index (χ0) is 20.0. The third-order valence-corrected chi connectivity index (χ3v) is 5.08. The molecular formula is C22H30N3O2+. The summed E-state index contributed by atoms with van der Waals surface area (Å²) in [6, 6.07) is 15.2. The second-order valence-electron chi connectivity index (χ2n) is 6.96. The lowest BCUT2D eigenvalue weighted by Gasteiger charge is -2.27. The summed E-state index contributed by atoms with van der Waals surface area (Å²) in [4.78, 5) is 28.0. The molecule has 2 aromatic rings. The summed E-state index contributed by atoms with van der Waals surface area (Å²) in [5.41, 5.74) is 3.91. The molecule has 0 aliphatic rings. The highest BCUT2D eigenvalue weighted by atomic mass is 16.2. The molecule has 0 bridgehead atoms. The topological polar surface area (TPSA) is 53.9 Å². The highest BCUT2D eigenvalue weighted by Crippen LogP contribution is 2.17. The number of anilines is 2. The van der Waals surface area contributed by atoms with Gasteiger partial charge in [-0.05, 0) is 57.0 Å². The summed E-state index contributed by atoms with van der Waals surface area (Å²) in [6.45, 7) is 8.66. The van der Waals surface area contributed by atoms with E-state index in [2.05, 4.69) is 5.32 Å². The van der Waals surface area contributed by atoms with E-state index in [9.17, 15) is 9.59 Å². The van der Waals surface area contributed by atoms with Crippen molar-refractivity contribution in [2.45, 2.75) is 33.7 Å². The predicted octanol–water partition coefficient (Wildman–Crippen LogP) is 2.20. The summed E-state index contributed by atoms with van der Waals surface area (Å²) >= 11 is 0. The Morgan fingerprint density at radius 1 is 1.07 bits per heavy atom. The lowest BCUT2D eigenvalue weighted by atomic mass is 10.1. The number of carbonyl (C=O) groups excluding carboxylic acids is 2. The van der Waals surface area contributed by atoms with Crippen molar-refractivity contribution in [2.75, 3.05) is 30.4 Å². The van der Waals surface area contributed by atoms with E-state index in [4.69, 9.17) is 0 Å². The molecule has 0 heterocycles. The molecule has 2 amide bonds. The maximum absolute atomic E-state index is 12.9. The summed E-state index contributed by atoms with van der Waals surface area (Å²) < 4.78 is 0. The summed E-state index contributed by atoms with van der Waals surface area (Å²) in [7, 11) is 1.88. The molecule has 0 saturated carbocycles. The Labute approximate surface area is 162 Å². The van der Waals surface area contributed by atoms with Gasteiger partial charge in [-0.25, -0.2) is 0 Å². The van der Waals surface area contributed by atoms with Gasteiger partial charge in [0.25, 0.3) is 11.8 Å². The number of hydrogen-bond acceptors (Lipinski definition) is 2. The molecule has 0 aliphatic heterocycles. The molecule has 0 fully saturated rings. The van der Waals surface area contributed by atoms with Gasteiger partial charge in [0.1, 0.15) is 0 Å². The van der Waals surface area contributed by atoms with Crippen molar-refractivity contribution in [1.82, 2.24) is 0 Å². The lowest BCUT2D eigenvalue weighted by Crippen LogP contribution is -3.15. The maximum atomic E-state index is 12.9. The number of nitrogens with one attached hydrogen (secondary N) is 2. The van der Waals surface area contributed by atoms with Crippen molar-refractivity contribution in [3.8, 4) is 0 Å². The Kier molecular flexibility index (Phi) is 7.13. The SMILES string of the molecule is CCN(C(=O)[C@H](C)[NH+](C)CC(=O)Nc1cccc(C)c1C)c1ccccc1. The molecule has 2 rings (SSSR count). The van der Waals surface area contributed by atoms with Gasteiger partial charge in [-0.2, -0.15) is 0 Å². The van der Waals surface area contributed by atoms with E-state index in [1.54, 1.807) is 4.90 Å². The fourth-order valence-electron chi connectivity index (χ4n) is 3.01. The van der Waals surface area contributed by atoms with E-state index in [1.807, 2.05) is 83.3 Å². The van der Waals surface area contributed by atoms with Crippen molar-refractivity contribution in [1.29, 1.82) is 0 Å². The van der Waals surface area contributed by atoms with Crippen LogP contribution >= 0.6 is 0 Å². The van der Waals surface area contributed by atoms with Crippen LogP contribution in [-0.4, -0.2) is 38.0 Å². The van der Waals surface area contributed by atoms with Crippen molar-refractivity contribution in [3.05, 3.63) is 59.7 Å². The largest absolute Gasteiger partial charge is 0.321 e. The summed E-state index contributed by atoms with van der Waals surface area (Å²) in [5, 5.41) is 2.97. The molecule has 0 radical (unpaired) electrons. The third kappa shape index (κ3) is 5.17. The van der Waals surface area contributed by atoms with E-state index in [1.165, 1.54) is 0 Å². The zero-order valence-corrected chi connectivity index (χ0v) is 16.9. The monoisotopic (exact) mass is 368 g/mol. The molecule has 0 spiro atoms. The number of para-hydroxylation sites is 1. The number of nitrogens with zero attached hydrogens (tertiary/aromatic N) is 1. The molecule has 2 atom stereocenters. The Hall–Kier alpha value is -2.66. The standard InChI is InChI=1S/C22H29N3O2/c1-6-25(19-12-8-7-9-13-19)22(27)18(4)24(5)15-21(26)23-20-14-10-11-16(2)17(20)3/h7-14,18H,6,15H2,1-5H3,(H,23,26)/p+1/t18-/m0/s1. The van der Waals surface area contributed by atoms with Gasteiger partial charge in [0.15, 0.2) is 12.6 Å². The molecule has 144 valence electrons. The summed E-state index contributed by atoms with van der Waals surface area (Å²) in [6.07, 6.45) is 0. The Balaban J connectivity index is 2.01. The van der Waals surface area contributed by atoms with Crippen LogP contribution in [0.1, 0.15) is 25.0 Å². The van der Waals surface area contributed by atoms with E-state index in [-0.39, 0.29) is 24.4 Å². The normalized spacial score (nSPS) is 12.9. The van der Waals surface area contributed by atoms with Crippen LogP contribution < -0.4 is 15.1 Å². The fourth-order valence-corrected chi connectivity index (χ4v) is 3.01. The molecular weight excluding hydrogens is 338 g/mol. The minimum Gasteiger partial charge on any atom is -0.321 e. The fraction of sp³-hybridized carbons (Fsp3) is 0.364. The highest BCUT2D eigenvalue weighted by Gasteiger charge is 2.28. The number of rotatable bonds is 7. The number of amides is 2. The first-order chi connectivity index (χ1) is 12.8. The van der Waals surface area contributed by atoms with E-state index >= 15 is 0 Å². The number of carbonyl (C=O) groups is 2. The van der Waals surface area contributed by atoms with E-state index in [0.29, 0.717) is 6.54 Å². The molecule has 0 aliphatic carbocycles. The van der Waals surface area contributed by atoms with Crippen LogP contribution in [0.25, 0.3) is 0 Å². The average molecular weight is 369 g/mol. The van der Waals surface area contributed by atoms with Crippen molar-refractivity contribution < 1.29 is 14.5 Å². The van der Waals surface area contributed by atoms with Crippen LogP contribution in [0.4, 0.5) is 11.4 Å². The average Bonchev–Trinajstić information content (AvgIpc) is 2.66. The molecule has 27 heavy (non-hydrogen) atoms. The minimum absolute atomic E-state index is 0.0146. The van der Waals surface area contributed by atoms with Gasteiger partial charge < -0.3 is 15.1 Å². The summed E-state index contributed by atoms with van der Waals surface area (Å²) in [5.74, 6) is -0.0793. The Bertz CT molecular complexity index is 789. The Morgan fingerprint density at radius 2 is 1.74 bits per heavy atom. The highest BCUT2D eigenvalue weighted by molar-refractivity contribution is 5.96. The van der Waals surface area contributed by atoms with Crippen molar-refractivity contribution in [2.24, 2.45) is 0 Å². The quantitative estimate of drug-likeness (QED) is 0.787. The van der Waals surface area contributed by atoms with E-state index in [0.717, 1.165) is 27.4 Å². The first-order valence-corrected chi connectivity index (χ1v) is 9.40. The van der Waals surface area contributed by atoms with Gasteiger partial charge in [-0.15, -0.1) is 0 Å². The number of aryl methyl sites for hydroxylation is 1. The number of quaternary nitrogens is 1. The van der Waals surface area contributed by atoms with Crippen LogP contribution in [0.3, 0.4) is 0 Å². The van der Waals surface area contributed by atoms with Gasteiger partial charge in [-0.3, -0.25) is 9.59 Å². The number of benzene rings is 2. The molecule has 5 nitrogen and oxygen atoms in total. The number of likely N-dealkylation sites (N-methyl/N-ethyl adjacent to an activating group) is 2. The van der Waals surface area contributed by atoms with Gasteiger partial charge in [0, 0.05) is 17.9 Å². The van der Waals surface area contributed by atoms with E-state index < -0.39 is 0 Å². The molecule has 5 heteroatoms. The Morgan fingerprint density at radius 3 is 2.37 bits per heavy atom. The zero-order valence-electron chi connectivity index (χ0n) is 16.9. The first kappa shape index (κ1) is 20.6. The van der Waals surface area contributed by atoms with Gasteiger partial charge >= 0.3 is 0 Å². The smallest absolute Gasteiger partial charge is 0.284 e. The molecule has 0 aromatic heterocycles. The first-order valence-electron chi connectivity index (χ1n) is 9.40. The maximum Gasteiger partial charge on any atom is 0.284 e. The molecule has 0 saturated heterocycles. The second-order valence-corrected chi connectivity index (χ2v) is 6.96. The van der Waals surface area contributed by atoms with Gasteiger partial charge in [0.05, 0.1) is 7.05 Å². The van der Waals surface area contributed by atoms with Crippen LogP contribution in [0, 0.1) is 13.8 Å². The molecule has 2 aromatic carbocycles. The van der Waals surface area contributed by atoms with Crippen LogP contribution in [0.2, 0.25) is 0 Å². The second kappa shape index (κ2) is 9.33. The predicted molar refractivity (Wildman–Crippen MR) is 110 cm³/mol. The van der Waals surface area contributed by atoms with Crippen LogP contribution in [-0.2, 0) is 9.59 Å².